The van der Waals surface area contributed by atoms with Crippen LogP contribution in [0, 0.1) is 5.92 Å². The minimum absolute atomic E-state index is 0.0662. The molecule has 0 saturated carbocycles. The van der Waals surface area contributed by atoms with Crippen molar-refractivity contribution >= 4 is 0 Å². The van der Waals surface area contributed by atoms with Gasteiger partial charge in [-0.1, -0.05) is 6.92 Å². The average molecular weight is 235 g/mol. The molecule has 0 bridgehead atoms. The van der Waals surface area contributed by atoms with E-state index in [1.165, 1.54) is 4.68 Å². The highest BCUT2D eigenvalue weighted by molar-refractivity contribution is 5.08. The van der Waals surface area contributed by atoms with Gasteiger partial charge in [0, 0.05) is 6.20 Å². The molecule has 2 atom stereocenters. The Labute approximate surface area is 92.6 Å². The normalized spacial score (nSPS) is 16.1. The minimum Gasteiger partial charge on any atom is -0.319 e. The summed E-state index contributed by atoms with van der Waals surface area (Å²) < 4.78 is 38.4. The van der Waals surface area contributed by atoms with Gasteiger partial charge in [-0.2, -0.15) is 18.3 Å². The summed E-state index contributed by atoms with van der Waals surface area (Å²) in [5.41, 5.74) is -0.698. The number of rotatable bonds is 4. The fourth-order valence-corrected chi connectivity index (χ4v) is 1.46. The predicted octanol–water partition coefficient (Wildman–Crippen LogP) is 2.32. The standard InChI is InChI=1S/C10H16F3N3/c1-7(4-14-3)8(2)16-6-9(5-15-16)10(11,12)13/h5-8,14H,4H2,1-3H3. The highest BCUT2D eigenvalue weighted by Gasteiger charge is 2.32. The number of nitrogens with zero attached hydrogens (tertiary/aromatic N) is 2. The third kappa shape index (κ3) is 2.98. The Balaban J connectivity index is 2.78. The number of halogens is 3. The summed E-state index contributed by atoms with van der Waals surface area (Å²) in [5, 5.41) is 6.75. The first-order chi connectivity index (χ1) is 7.36. The molecule has 6 heteroatoms. The first kappa shape index (κ1) is 13.0. The zero-order chi connectivity index (χ0) is 12.3. The van der Waals surface area contributed by atoms with Crippen LogP contribution in [-0.2, 0) is 6.18 Å². The molecule has 0 aliphatic heterocycles. The van der Waals surface area contributed by atoms with Crippen LogP contribution in [0.25, 0.3) is 0 Å². The largest absolute Gasteiger partial charge is 0.419 e. The van der Waals surface area contributed by atoms with E-state index >= 15 is 0 Å². The maximum atomic E-state index is 12.3. The van der Waals surface area contributed by atoms with Crippen LogP contribution < -0.4 is 5.32 Å². The van der Waals surface area contributed by atoms with E-state index in [4.69, 9.17) is 0 Å². The lowest BCUT2D eigenvalue weighted by Gasteiger charge is -2.19. The monoisotopic (exact) mass is 235 g/mol. The second kappa shape index (κ2) is 4.86. The van der Waals surface area contributed by atoms with Gasteiger partial charge in [0.2, 0.25) is 0 Å². The van der Waals surface area contributed by atoms with Crippen molar-refractivity contribution in [3.8, 4) is 0 Å². The zero-order valence-electron chi connectivity index (χ0n) is 9.54. The summed E-state index contributed by atoms with van der Waals surface area (Å²) in [7, 11) is 1.81. The van der Waals surface area contributed by atoms with Crippen LogP contribution in [0.1, 0.15) is 25.5 Å². The van der Waals surface area contributed by atoms with Gasteiger partial charge in [-0.3, -0.25) is 4.68 Å². The molecule has 1 aromatic heterocycles. The molecule has 0 radical (unpaired) electrons. The SMILES string of the molecule is CNCC(C)C(C)n1cc(C(F)(F)F)cn1. The van der Waals surface area contributed by atoms with E-state index < -0.39 is 11.7 Å². The Morgan fingerprint density at radius 1 is 1.44 bits per heavy atom. The van der Waals surface area contributed by atoms with Crippen molar-refractivity contribution < 1.29 is 13.2 Å². The van der Waals surface area contributed by atoms with Crippen LogP contribution in [0.5, 0.6) is 0 Å². The Morgan fingerprint density at radius 2 is 2.06 bits per heavy atom. The van der Waals surface area contributed by atoms with Gasteiger partial charge < -0.3 is 5.32 Å². The van der Waals surface area contributed by atoms with Gasteiger partial charge in [0.25, 0.3) is 0 Å². The minimum atomic E-state index is -4.32. The summed E-state index contributed by atoms with van der Waals surface area (Å²) in [6.07, 6.45) is -2.40. The molecule has 0 aliphatic rings. The van der Waals surface area contributed by atoms with Gasteiger partial charge in [0.05, 0.1) is 17.8 Å². The maximum Gasteiger partial charge on any atom is 0.419 e. The van der Waals surface area contributed by atoms with Gasteiger partial charge in [-0.05, 0) is 26.4 Å². The maximum absolute atomic E-state index is 12.3. The van der Waals surface area contributed by atoms with E-state index in [9.17, 15) is 13.2 Å². The third-order valence-corrected chi connectivity index (χ3v) is 2.70. The van der Waals surface area contributed by atoms with Crippen LogP contribution >= 0.6 is 0 Å². The molecule has 0 fully saturated rings. The fraction of sp³-hybridized carbons (Fsp3) is 0.700. The molecule has 0 spiro atoms. The molecule has 1 aromatic rings. The number of aromatic nitrogens is 2. The molecule has 0 amide bonds. The fourth-order valence-electron chi connectivity index (χ4n) is 1.46. The van der Waals surface area contributed by atoms with Crippen LogP contribution in [0.3, 0.4) is 0 Å². The van der Waals surface area contributed by atoms with E-state index in [2.05, 4.69) is 10.4 Å². The summed E-state index contributed by atoms with van der Waals surface area (Å²) >= 11 is 0. The molecule has 0 aromatic carbocycles. The number of nitrogens with one attached hydrogen (secondary N) is 1. The van der Waals surface area contributed by atoms with Gasteiger partial charge in [-0.15, -0.1) is 0 Å². The second-order valence-corrected chi connectivity index (χ2v) is 3.98. The highest BCUT2D eigenvalue weighted by atomic mass is 19.4. The molecule has 16 heavy (non-hydrogen) atoms. The Hall–Kier alpha value is -1.04. The Morgan fingerprint density at radius 3 is 2.50 bits per heavy atom. The number of hydrogen-bond acceptors (Lipinski definition) is 2. The molecular formula is C10H16F3N3. The smallest absolute Gasteiger partial charge is 0.319 e. The van der Waals surface area contributed by atoms with Gasteiger partial charge in [-0.25, -0.2) is 0 Å². The predicted molar refractivity (Wildman–Crippen MR) is 55.0 cm³/mol. The number of hydrogen-bond donors (Lipinski definition) is 1. The zero-order valence-corrected chi connectivity index (χ0v) is 9.54. The van der Waals surface area contributed by atoms with Crippen LogP contribution in [0.15, 0.2) is 12.4 Å². The molecule has 1 heterocycles. The first-order valence-corrected chi connectivity index (χ1v) is 5.12. The molecule has 92 valence electrons. The van der Waals surface area contributed by atoms with Crippen molar-refractivity contribution in [1.82, 2.24) is 15.1 Å². The lowest BCUT2D eigenvalue weighted by Crippen LogP contribution is -2.24. The van der Waals surface area contributed by atoms with Crippen LogP contribution in [-0.4, -0.2) is 23.4 Å². The van der Waals surface area contributed by atoms with Crippen LogP contribution in [0.2, 0.25) is 0 Å². The Bertz CT molecular complexity index is 332. The highest BCUT2D eigenvalue weighted by Crippen LogP contribution is 2.29. The van der Waals surface area contributed by atoms with Crippen molar-refractivity contribution in [3.05, 3.63) is 18.0 Å². The Kier molecular flexibility index (Phi) is 3.96. The summed E-state index contributed by atoms with van der Waals surface area (Å²) in [6.45, 7) is 4.56. The van der Waals surface area contributed by atoms with Crippen molar-refractivity contribution in [2.75, 3.05) is 13.6 Å². The van der Waals surface area contributed by atoms with Crippen molar-refractivity contribution in [1.29, 1.82) is 0 Å². The number of alkyl halides is 3. The topological polar surface area (TPSA) is 29.9 Å². The lowest BCUT2D eigenvalue weighted by molar-refractivity contribution is -0.137. The van der Waals surface area contributed by atoms with Crippen molar-refractivity contribution in [3.63, 3.8) is 0 Å². The quantitative estimate of drug-likeness (QED) is 0.868. The molecule has 2 unspecified atom stereocenters. The molecule has 1 rings (SSSR count). The molecule has 0 saturated heterocycles. The third-order valence-electron chi connectivity index (χ3n) is 2.70. The van der Waals surface area contributed by atoms with Gasteiger partial charge >= 0.3 is 6.18 Å². The van der Waals surface area contributed by atoms with Crippen LogP contribution in [0.4, 0.5) is 13.2 Å². The molecule has 3 nitrogen and oxygen atoms in total. The summed E-state index contributed by atoms with van der Waals surface area (Å²) in [5.74, 6) is 0.214. The second-order valence-electron chi connectivity index (χ2n) is 3.98. The summed E-state index contributed by atoms with van der Waals surface area (Å²) in [6, 6.07) is -0.0662. The molecule has 0 aliphatic carbocycles. The van der Waals surface area contributed by atoms with E-state index in [0.717, 1.165) is 18.9 Å². The van der Waals surface area contributed by atoms with Crippen molar-refractivity contribution in [2.45, 2.75) is 26.1 Å². The van der Waals surface area contributed by atoms with Crippen molar-refractivity contribution in [2.24, 2.45) is 5.92 Å². The van der Waals surface area contributed by atoms with E-state index in [0.29, 0.717) is 0 Å². The van der Waals surface area contributed by atoms with E-state index in [-0.39, 0.29) is 12.0 Å². The summed E-state index contributed by atoms with van der Waals surface area (Å²) in [4.78, 5) is 0. The molecule has 1 N–H and O–H groups in total. The lowest BCUT2D eigenvalue weighted by atomic mass is 10.0. The van der Waals surface area contributed by atoms with E-state index in [1.54, 1.807) is 0 Å². The first-order valence-electron chi connectivity index (χ1n) is 5.12. The average Bonchev–Trinajstić information content (AvgIpc) is 2.65. The van der Waals surface area contributed by atoms with Gasteiger partial charge in [0.15, 0.2) is 0 Å². The van der Waals surface area contributed by atoms with Gasteiger partial charge in [0.1, 0.15) is 0 Å². The van der Waals surface area contributed by atoms with E-state index in [1.807, 2.05) is 20.9 Å². The molecular weight excluding hydrogens is 219 g/mol.